The molecule has 0 radical (unpaired) electrons. The monoisotopic (exact) mass is 305 g/mol. The minimum absolute atomic E-state index is 0.0477. The van der Waals surface area contributed by atoms with Crippen LogP contribution in [0.5, 0.6) is 0 Å². The molecule has 0 atom stereocenters. The highest BCUT2D eigenvalue weighted by Crippen LogP contribution is 2.42. The van der Waals surface area contributed by atoms with Crippen molar-refractivity contribution < 1.29 is 4.39 Å². The summed E-state index contributed by atoms with van der Waals surface area (Å²) in [7, 11) is 0. The van der Waals surface area contributed by atoms with Gasteiger partial charge in [-0.2, -0.15) is 0 Å². The van der Waals surface area contributed by atoms with Gasteiger partial charge >= 0.3 is 0 Å². The van der Waals surface area contributed by atoms with E-state index < -0.39 is 0 Å². The van der Waals surface area contributed by atoms with Crippen LogP contribution in [0.15, 0.2) is 16.6 Å². The molecule has 0 saturated heterocycles. The molecule has 0 bridgehead atoms. The average Bonchev–Trinajstić information content (AvgIpc) is 2.75. The highest BCUT2D eigenvalue weighted by molar-refractivity contribution is 9.10. The van der Waals surface area contributed by atoms with E-state index in [-0.39, 0.29) is 16.3 Å². The molecule has 4 heteroatoms. The number of nitrogens with two attached hydrogens (primary N) is 1. The van der Waals surface area contributed by atoms with Gasteiger partial charge in [-0.15, -0.1) is 0 Å². The van der Waals surface area contributed by atoms with Crippen LogP contribution in [0.2, 0.25) is 5.02 Å². The third-order valence-corrected chi connectivity index (χ3v) is 4.79. The van der Waals surface area contributed by atoms with Crippen LogP contribution in [0, 0.1) is 5.82 Å². The van der Waals surface area contributed by atoms with Crippen molar-refractivity contribution in [2.75, 3.05) is 6.54 Å². The van der Waals surface area contributed by atoms with E-state index in [1.807, 2.05) is 6.07 Å². The van der Waals surface area contributed by atoms with Gasteiger partial charge in [0.25, 0.3) is 0 Å². The average molecular weight is 307 g/mol. The predicted molar refractivity (Wildman–Crippen MR) is 68.3 cm³/mol. The first-order chi connectivity index (χ1) is 7.59. The number of hydrogen-bond donors (Lipinski definition) is 1. The van der Waals surface area contributed by atoms with Crippen LogP contribution in [-0.2, 0) is 5.41 Å². The van der Waals surface area contributed by atoms with Gasteiger partial charge in [0.1, 0.15) is 5.82 Å². The van der Waals surface area contributed by atoms with Crippen molar-refractivity contribution >= 4 is 27.5 Å². The smallest absolute Gasteiger partial charge is 0.143 e. The van der Waals surface area contributed by atoms with Crippen LogP contribution in [0.4, 0.5) is 4.39 Å². The van der Waals surface area contributed by atoms with Crippen molar-refractivity contribution in [2.24, 2.45) is 5.73 Å². The van der Waals surface area contributed by atoms with E-state index in [1.165, 1.54) is 18.9 Å². The number of rotatable bonds is 2. The van der Waals surface area contributed by atoms with Gasteiger partial charge in [0.15, 0.2) is 0 Å². The van der Waals surface area contributed by atoms with Crippen LogP contribution in [0.3, 0.4) is 0 Å². The topological polar surface area (TPSA) is 26.0 Å². The lowest BCUT2D eigenvalue weighted by Gasteiger charge is -2.28. The van der Waals surface area contributed by atoms with Crippen LogP contribution >= 0.6 is 27.5 Å². The maximum Gasteiger partial charge on any atom is 0.143 e. The Morgan fingerprint density at radius 3 is 2.50 bits per heavy atom. The summed E-state index contributed by atoms with van der Waals surface area (Å²) in [6.07, 6.45) is 4.41. The van der Waals surface area contributed by atoms with Crippen molar-refractivity contribution in [3.05, 3.63) is 33.0 Å². The lowest BCUT2D eigenvalue weighted by atomic mass is 9.79. The van der Waals surface area contributed by atoms with E-state index in [1.54, 1.807) is 0 Å². The molecule has 0 spiro atoms. The molecule has 2 rings (SSSR count). The minimum atomic E-state index is -0.370. The van der Waals surface area contributed by atoms with Gasteiger partial charge in [-0.3, -0.25) is 0 Å². The fourth-order valence-corrected chi connectivity index (χ4v) is 3.07. The molecule has 0 unspecified atom stereocenters. The van der Waals surface area contributed by atoms with Crippen molar-refractivity contribution in [3.63, 3.8) is 0 Å². The van der Waals surface area contributed by atoms with E-state index in [9.17, 15) is 4.39 Å². The minimum Gasteiger partial charge on any atom is -0.330 e. The highest BCUT2D eigenvalue weighted by atomic mass is 79.9. The SMILES string of the molecule is NCC1(c2cc(F)c(Cl)c(Br)c2)CCCC1. The summed E-state index contributed by atoms with van der Waals surface area (Å²) in [6, 6.07) is 3.44. The molecule has 0 aromatic heterocycles. The first kappa shape index (κ1) is 12.3. The molecule has 1 aromatic carbocycles. The van der Waals surface area contributed by atoms with Gasteiger partial charge in [0, 0.05) is 16.4 Å². The summed E-state index contributed by atoms with van der Waals surface area (Å²) in [5, 5.41) is 0.147. The van der Waals surface area contributed by atoms with Crippen LogP contribution in [0.1, 0.15) is 31.2 Å². The number of hydrogen-bond acceptors (Lipinski definition) is 1. The molecule has 1 saturated carbocycles. The Hall–Kier alpha value is -0.120. The lowest BCUT2D eigenvalue weighted by molar-refractivity contribution is 0.449. The summed E-state index contributed by atoms with van der Waals surface area (Å²) in [5.74, 6) is -0.370. The molecule has 1 aromatic rings. The molecule has 0 amide bonds. The van der Waals surface area contributed by atoms with E-state index in [4.69, 9.17) is 17.3 Å². The zero-order valence-electron chi connectivity index (χ0n) is 8.90. The first-order valence-electron chi connectivity index (χ1n) is 5.44. The van der Waals surface area contributed by atoms with E-state index in [0.29, 0.717) is 11.0 Å². The first-order valence-corrected chi connectivity index (χ1v) is 6.61. The highest BCUT2D eigenvalue weighted by Gasteiger charge is 2.35. The molecular weight excluding hydrogens is 292 g/mol. The van der Waals surface area contributed by atoms with Crippen molar-refractivity contribution in [1.29, 1.82) is 0 Å². The number of halogens is 3. The van der Waals surface area contributed by atoms with Crippen molar-refractivity contribution in [2.45, 2.75) is 31.1 Å². The third-order valence-electron chi connectivity index (χ3n) is 3.55. The van der Waals surface area contributed by atoms with Gasteiger partial charge in [0.2, 0.25) is 0 Å². The summed E-state index contributed by atoms with van der Waals surface area (Å²) in [5.41, 5.74) is 6.79. The Kier molecular flexibility index (Phi) is 3.57. The molecule has 0 aliphatic heterocycles. The van der Waals surface area contributed by atoms with Gasteiger partial charge in [0.05, 0.1) is 5.02 Å². The maximum atomic E-state index is 13.6. The molecular formula is C12H14BrClFN. The largest absolute Gasteiger partial charge is 0.330 e. The molecule has 88 valence electrons. The molecule has 0 heterocycles. The zero-order chi connectivity index (χ0) is 11.8. The second kappa shape index (κ2) is 4.63. The standard InChI is InChI=1S/C12H14BrClFN/c13-9-5-8(6-10(15)11(9)14)12(7-16)3-1-2-4-12/h5-6H,1-4,7,16H2. The summed E-state index contributed by atoms with van der Waals surface area (Å²) < 4.78 is 14.2. The Bertz CT molecular complexity index is 379. The zero-order valence-corrected chi connectivity index (χ0v) is 11.2. The molecule has 2 N–H and O–H groups in total. The molecule has 1 aliphatic rings. The van der Waals surface area contributed by atoms with E-state index in [0.717, 1.165) is 18.4 Å². The Labute approximate surface area is 108 Å². The van der Waals surface area contributed by atoms with Gasteiger partial charge in [-0.05, 0) is 46.5 Å². The summed E-state index contributed by atoms with van der Waals surface area (Å²) >= 11 is 9.08. The van der Waals surface area contributed by atoms with Crippen molar-refractivity contribution in [3.8, 4) is 0 Å². The van der Waals surface area contributed by atoms with E-state index in [2.05, 4.69) is 15.9 Å². The van der Waals surface area contributed by atoms with Crippen molar-refractivity contribution in [1.82, 2.24) is 0 Å². The van der Waals surface area contributed by atoms with Crippen LogP contribution < -0.4 is 5.73 Å². The normalized spacial score (nSPS) is 19.0. The van der Waals surface area contributed by atoms with Crippen LogP contribution in [-0.4, -0.2) is 6.54 Å². The quantitative estimate of drug-likeness (QED) is 0.821. The predicted octanol–water partition coefficient (Wildman–Crippen LogP) is 4.01. The van der Waals surface area contributed by atoms with Crippen LogP contribution in [0.25, 0.3) is 0 Å². The van der Waals surface area contributed by atoms with E-state index >= 15 is 0 Å². The van der Waals surface area contributed by atoms with Gasteiger partial charge < -0.3 is 5.73 Å². The molecule has 16 heavy (non-hydrogen) atoms. The fourth-order valence-electron chi connectivity index (χ4n) is 2.52. The Morgan fingerprint density at radius 2 is 2.00 bits per heavy atom. The molecule has 1 nitrogen and oxygen atoms in total. The van der Waals surface area contributed by atoms with Gasteiger partial charge in [-0.1, -0.05) is 24.4 Å². The Balaban J connectivity index is 2.47. The fraction of sp³-hybridized carbons (Fsp3) is 0.500. The van der Waals surface area contributed by atoms with Gasteiger partial charge in [-0.25, -0.2) is 4.39 Å². The Morgan fingerprint density at radius 1 is 1.38 bits per heavy atom. The maximum absolute atomic E-state index is 13.6. The summed E-state index contributed by atoms with van der Waals surface area (Å²) in [4.78, 5) is 0. The number of benzene rings is 1. The second-order valence-electron chi connectivity index (χ2n) is 4.45. The second-order valence-corrected chi connectivity index (χ2v) is 5.68. The lowest BCUT2D eigenvalue weighted by Crippen LogP contribution is -2.32. The molecule has 1 aliphatic carbocycles. The molecule has 1 fully saturated rings. The summed E-state index contributed by atoms with van der Waals surface area (Å²) in [6.45, 7) is 0.570. The third kappa shape index (κ3) is 2.01.